The number of hydrogen-bond donors (Lipinski definition) is 2. The van der Waals surface area contributed by atoms with Gasteiger partial charge in [-0.3, -0.25) is 0 Å². The van der Waals surface area contributed by atoms with Gasteiger partial charge in [0.2, 0.25) is 0 Å². The molecule has 2 saturated heterocycles. The molecule has 2 N–H and O–H groups in total. The van der Waals surface area contributed by atoms with E-state index < -0.39 is 0 Å². The molecule has 6 nitrogen and oxygen atoms in total. The quantitative estimate of drug-likeness (QED) is 0.554. The number of rotatable bonds is 0. The molecule has 0 aromatic heterocycles. The molecule has 2 aliphatic heterocycles. The minimum absolute atomic E-state index is 0.286. The lowest BCUT2D eigenvalue weighted by atomic mass is 10.4. The van der Waals surface area contributed by atoms with Gasteiger partial charge in [-0.05, 0) is 6.42 Å². The van der Waals surface area contributed by atoms with Crippen molar-refractivity contribution in [3.05, 3.63) is 0 Å². The van der Waals surface area contributed by atoms with Gasteiger partial charge in [0, 0.05) is 6.54 Å². The molecule has 0 spiro atoms. The normalized spacial score (nSPS) is 20.0. The molecule has 0 bridgehead atoms. The molecular formula is C7H12N2O4. The predicted molar refractivity (Wildman–Crippen MR) is 43.3 cm³/mol. The third-order valence-electron chi connectivity index (χ3n) is 1.43. The van der Waals surface area contributed by atoms with Gasteiger partial charge in [-0.2, -0.15) is 0 Å². The molecule has 2 aliphatic rings. The van der Waals surface area contributed by atoms with Crippen molar-refractivity contribution in [2.24, 2.45) is 0 Å². The highest BCUT2D eigenvalue weighted by molar-refractivity contribution is 5.68. The predicted octanol–water partition coefficient (Wildman–Crippen LogP) is -0.158. The highest BCUT2D eigenvalue weighted by Gasteiger charge is 2.06. The molecule has 13 heavy (non-hydrogen) atoms. The zero-order valence-electron chi connectivity index (χ0n) is 7.17. The van der Waals surface area contributed by atoms with Gasteiger partial charge in [0.05, 0.1) is 13.2 Å². The van der Waals surface area contributed by atoms with E-state index in [0.29, 0.717) is 19.8 Å². The Labute approximate surface area is 75.6 Å². The number of carbonyl (C=O) groups is 2. The fourth-order valence-electron chi connectivity index (χ4n) is 0.826. The molecule has 0 saturated carbocycles. The first kappa shape index (κ1) is 9.63. The lowest BCUT2D eigenvalue weighted by Gasteiger charge is -2.10. The molecule has 0 atom stereocenters. The molecule has 2 rings (SSSR count). The smallest absolute Gasteiger partial charge is 0.407 e. The van der Waals surface area contributed by atoms with Crippen LogP contribution in [-0.4, -0.2) is 38.5 Å². The molecule has 0 aliphatic carbocycles. The summed E-state index contributed by atoms with van der Waals surface area (Å²) in [6.07, 6.45) is 0.354. The highest BCUT2D eigenvalue weighted by Crippen LogP contribution is 1.88. The molecule has 0 aromatic carbocycles. The maximum absolute atomic E-state index is 10.1. The topological polar surface area (TPSA) is 76.7 Å². The van der Waals surface area contributed by atoms with Crippen molar-refractivity contribution < 1.29 is 19.1 Å². The van der Waals surface area contributed by atoms with E-state index in [4.69, 9.17) is 0 Å². The van der Waals surface area contributed by atoms with Crippen LogP contribution in [0, 0.1) is 0 Å². The minimum atomic E-state index is -0.296. The van der Waals surface area contributed by atoms with Crippen LogP contribution in [0.15, 0.2) is 0 Å². The third-order valence-corrected chi connectivity index (χ3v) is 1.43. The summed E-state index contributed by atoms with van der Waals surface area (Å²) in [5, 5.41) is 4.98. The second-order valence-electron chi connectivity index (χ2n) is 2.48. The summed E-state index contributed by atoms with van der Waals surface area (Å²) in [5.74, 6) is 0. The molecule has 74 valence electrons. The van der Waals surface area contributed by atoms with Crippen molar-refractivity contribution in [3.63, 3.8) is 0 Å². The summed E-state index contributed by atoms with van der Waals surface area (Å²) in [7, 11) is 0. The van der Waals surface area contributed by atoms with E-state index in [2.05, 4.69) is 20.1 Å². The standard InChI is InChI=1S/C4H7NO2.C3H5NO2/c6-4-5-2-1-3-7-4;5-3-4-1-2-6-3/h1-3H2,(H,5,6);1-2H2,(H,4,5). The number of alkyl carbamates (subject to hydrolysis) is 2. The van der Waals surface area contributed by atoms with Gasteiger partial charge >= 0.3 is 12.2 Å². The van der Waals surface area contributed by atoms with Gasteiger partial charge in [-0.15, -0.1) is 0 Å². The Hall–Kier alpha value is -1.46. The van der Waals surface area contributed by atoms with Crippen molar-refractivity contribution in [1.29, 1.82) is 0 Å². The number of nitrogens with one attached hydrogen (secondary N) is 2. The summed E-state index contributed by atoms with van der Waals surface area (Å²) in [6.45, 7) is 2.53. The van der Waals surface area contributed by atoms with E-state index in [1.165, 1.54) is 0 Å². The van der Waals surface area contributed by atoms with E-state index in [-0.39, 0.29) is 12.2 Å². The first-order valence-corrected chi connectivity index (χ1v) is 4.10. The molecule has 0 aromatic rings. The molecule has 2 fully saturated rings. The minimum Gasteiger partial charge on any atom is -0.449 e. The molecule has 6 heteroatoms. The van der Waals surface area contributed by atoms with Crippen molar-refractivity contribution in [3.8, 4) is 0 Å². The molecule has 2 amide bonds. The number of carbonyl (C=O) groups excluding carboxylic acids is 2. The van der Waals surface area contributed by atoms with Crippen LogP contribution in [0.5, 0.6) is 0 Å². The van der Waals surface area contributed by atoms with Gasteiger partial charge in [-0.25, -0.2) is 9.59 Å². The highest BCUT2D eigenvalue weighted by atomic mass is 16.6. The summed E-state index contributed by atoms with van der Waals surface area (Å²) < 4.78 is 8.93. The van der Waals surface area contributed by atoms with Crippen LogP contribution in [0.4, 0.5) is 9.59 Å². The second-order valence-corrected chi connectivity index (χ2v) is 2.48. The lowest BCUT2D eigenvalue weighted by molar-refractivity contribution is 0.129. The Morgan fingerprint density at radius 3 is 1.77 bits per heavy atom. The Kier molecular flexibility index (Phi) is 3.87. The van der Waals surface area contributed by atoms with Crippen molar-refractivity contribution in [2.45, 2.75) is 6.42 Å². The van der Waals surface area contributed by atoms with E-state index in [1.807, 2.05) is 0 Å². The number of ether oxygens (including phenoxy) is 2. The Balaban J connectivity index is 0.000000132. The maximum Gasteiger partial charge on any atom is 0.407 e. The fourth-order valence-corrected chi connectivity index (χ4v) is 0.826. The fraction of sp³-hybridized carbons (Fsp3) is 0.714. The number of hydrogen-bond acceptors (Lipinski definition) is 4. The van der Waals surface area contributed by atoms with Crippen LogP contribution in [0.3, 0.4) is 0 Å². The first-order chi connectivity index (χ1) is 6.29. The SMILES string of the molecule is O=C1NCCCO1.O=C1NCCO1. The van der Waals surface area contributed by atoms with Gasteiger partial charge < -0.3 is 20.1 Å². The van der Waals surface area contributed by atoms with Crippen LogP contribution < -0.4 is 10.6 Å². The second kappa shape index (κ2) is 5.23. The summed E-state index contributed by atoms with van der Waals surface area (Å²) in [4.78, 5) is 20.0. The van der Waals surface area contributed by atoms with Gasteiger partial charge in [0.15, 0.2) is 0 Å². The summed E-state index contributed by atoms with van der Waals surface area (Å²) in [6, 6.07) is 0. The largest absolute Gasteiger partial charge is 0.449 e. The van der Waals surface area contributed by atoms with Gasteiger partial charge in [0.1, 0.15) is 6.61 Å². The third kappa shape index (κ3) is 4.19. The molecular weight excluding hydrogens is 176 g/mol. The van der Waals surface area contributed by atoms with Crippen LogP contribution >= 0.6 is 0 Å². The Morgan fingerprint density at radius 1 is 0.923 bits per heavy atom. The average molecular weight is 188 g/mol. The zero-order valence-corrected chi connectivity index (χ0v) is 7.17. The first-order valence-electron chi connectivity index (χ1n) is 4.10. The average Bonchev–Trinajstić information content (AvgIpc) is 2.58. The summed E-state index contributed by atoms with van der Waals surface area (Å²) >= 11 is 0. The van der Waals surface area contributed by atoms with E-state index in [9.17, 15) is 9.59 Å². The van der Waals surface area contributed by atoms with Crippen LogP contribution in [-0.2, 0) is 9.47 Å². The monoisotopic (exact) mass is 188 g/mol. The maximum atomic E-state index is 10.1. The van der Waals surface area contributed by atoms with Gasteiger partial charge in [-0.1, -0.05) is 0 Å². The summed E-state index contributed by atoms with van der Waals surface area (Å²) in [5.41, 5.74) is 0. The van der Waals surface area contributed by atoms with Crippen LogP contribution in [0.2, 0.25) is 0 Å². The number of cyclic esters (lactones) is 2. The lowest BCUT2D eigenvalue weighted by Crippen LogP contribution is -2.31. The van der Waals surface area contributed by atoms with Crippen molar-refractivity contribution >= 4 is 12.2 Å². The van der Waals surface area contributed by atoms with Crippen molar-refractivity contribution in [2.75, 3.05) is 26.3 Å². The molecule has 2 heterocycles. The van der Waals surface area contributed by atoms with Gasteiger partial charge in [0.25, 0.3) is 0 Å². The Bertz CT molecular complexity index is 179. The van der Waals surface area contributed by atoms with Crippen molar-refractivity contribution in [1.82, 2.24) is 10.6 Å². The van der Waals surface area contributed by atoms with E-state index in [0.717, 1.165) is 13.0 Å². The van der Waals surface area contributed by atoms with Crippen LogP contribution in [0.1, 0.15) is 6.42 Å². The van der Waals surface area contributed by atoms with Crippen LogP contribution in [0.25, 0.3) is 0 Å². The molecule has 0 radical (unpaired) electrons. The Morgan fingerprint density at radius 2 is 1.54 bits per heavy atom. The number of amides is 2. The van der Waals surface area contributed by atoms with E-state index in [1.54, 1.807) is 0 Å². The zero-order chi connectivity index (χ0) is 9.52. The molecule has 0 unspecified atom stereocenters. The van der Waals surface area contributed by atoms with E-state index >= 15 is 0 Å².